The minimum absolute atomic E-state index is 0.209. The number of ether oxygens (including phenoxy) is 1. The summed E-state index contributed by atoms with van der Waals surface area (Å²) >= 11 is 0. The maximum absolute atomic E-state index is 12.2. The van der Waals surface area contributed by atoms with E-state index in [0.717, 1.165) is 6.42 Å². The summed E-state index contributed by atoms with van der Waals surface area (Å²) in [7, 11) is -1.17. The summed E-state index contributed by atoms with van der Waals surface area (Å²) < 4.78 is 17.5. The molecule has 6 nitrogen and oxygen atoms in total. The first-order chi connectivity index (χ1) is 9.85. The number of rotatable bonds is 3. The van der Waals surface area contributed by atoms with Gasteiger partial charge in [0.2, 0.25) is 0 Å². The average molecular weight is 311 g/mol. The molecule has 0 aromatic carbocycles. The number of amides is 1. The van der Waals surface area contributed by atoms with E-state index in [9.17, 15) is 9.00 Å². The molecule has 116 valence electrons. The molecule has 7 heteroatoms. The third kappa shape index (κ3) is 4.77. The lowest BCUT2D eigenvalue weighted by molar-refractivity contribution is 0.0289. The first kappa shape index (κ1) is 15.9. The van der Waals surface area contributed by atoms with Crippen molar-refractivity contribution in [2.24, 2.45) is 5.92 Å². The summed E-state index contributed by atoms with van der Waals surface area (Å²) in [5.41, 5.74) is -0.488. The highest BCUT2D eigenvalue weighted by atomic mass is 32.2. The van der Waals surface area contributed by atoms with Crippen LogP contribution in [0, 0.1) is 5.92 Å². The second-order valence-corrected chi connectivity index (χ2v) is 7.58. The van der Waals surface area contributed by atoms with Gasteiger partial charge in [0.05, 0.1) is 17.0 Å². The van der Waals surface area contributed by atoms with E-state index in [-0.39, 0.29) is 12.0 Å². The summed E-state index contributed by atoms with van der Waals surface area (Å²) in [6, 6.07) is 0. The molecule has 2 unspecified atom stereocenters. The van der Waals surface area contributed by atoms with Gasteiger partial charge in [-0.15, -0.1) is 0 Å². The van der Waals surface area contributed by atoms with Crippen LogP contribution in [0.1, 0.15) is 27.2 Å². The van der Waals surface area contributed by atoms with Gasteiger partial charge < -0.3 is 9.64 Å². The Kier molecular flexibility index (Phi) is 4.92. The molecule has 1 aliphatic heterocycles. The van der Waals surface area contributed by atoms with Crippen LogP contribution >= 0.6 is 0 Å². The van der Waals surface area contributed by atoms with Gasteiger partial charge in [-0.25, -0.2) is 9.78 Å². The molecule has 0 radical (unpaired) electrons. The van der Waals surface area contributed by atoms with E-state index in [2.05, 4.69) is 9.97 Å². The highest BCUT2D eigenvalue weighted by Crippen LogP contribution is 2.21. The average Bonchev–Trinajstić information content (AvgIpc) is 2.86. The molecule has 0 saturated carbocycles. The highest BCUT2D eigenvalue weighted by molar-refractivity contribution is 7.84. The van der Waals surface area contributed by atoms with Crippen LogP contribution in [-0.2, 0) is 15.5 Å². The molecule has 2 heterocycles. The third-order valence-electron chi connectivity index (χ3n) is 3.10. The third-order valence-corrected chi connectivity index (χ3v) is 4.55. The van der Waals surface area contributed by atoms with Crippen molar-refractivity contribution in [3.8, 4) is 0 Å². The van der Waals surface area contributed by atoms with Crippen molar-refractivity contribution >= 4 is 16.9 Å². The Morgan fingerprint density at radius 3 is 2.86 bits per heavy atom. The van der Waals surface area contributed by atoms with Crippen LogP contribution in [0.2, 0.25) is 0 Å². The van der Waals surface area contributed by atoms with Gasteiger partial charge in [-0.2, -0.15) is 0 Å². The van der Waals surface area contributed by atoms with E-state index < -0.39 is 16.4 Å². The lowest BCUT2D eigenvalue weighted by atomic mass is 10.2. The molecule has 1 amide bonds. The standard InChI is InChI=1S/C14H21N3O3S/c1-14(2,3)20-13(18)17-7-4-11(9-17)10-21(19)12-8-15-5-6-16-12/h5-6,8,11H,4,7,9-10H2,1-3H3. The van der Waals surface area contributed by atoms with Crippen molar-refractivity contribution in [1.82, 2.24) is 14.9 Å². The zero-order valence-electron chi connectivity index (χ0n) is 12.6. The molecular formula is C14H21N3O3S. The summed E-state index contributed by atoms with van der Waals surface area (Å²) in [6.45, 7) is 6.78. The Morgan fingerprint density at radius 1 is 1.48 bits per heavy atom. The Balaban J connectivity index is 1.86. The number of likely N-dealkylation sites (tertiary alicyclic amines) is 1. The van der Waals surface area contributed by atoms with Crippen molar-refractivity contribution in [2.75, 3.05) is 18.8 Å². The molecule has 21 heavy (non-hydrogen) atoms. The fraction of sp³-hybridized carbons (Fsp3) is 0.643. The largest absolute Gasteiger partial charge is 0.444 e. The van der Waals surface area contributed by atoms with Crippen LogP contribution in [0.4, 0.5) is 4.79 Å². The summed E-state index contributed by atoms with van der Waals surface area (Å²) in [5.74, 6) is 0.707. The van der Waals surface area contributed by atoms with Gasteiger partial charge in [-0.1, -0.05) is 0 Å². The minimum Gasteiger partial charge on any atom is -0.444 e. The number of hydrogen-bond acceptors (Lipinski definition) is 5. The Labute approximate surface area is 127 Å². The van der Waals surface area contributed by atoms with Crippen LogP contribution in [-0.4, -0.2) is 49.6 Å². The van der Waals surface area contributed by atoms with Gasteiger partial charge in [0.1, 0.15) is 10.6 Å². The summed E-state index contributed by atoms with van der Waals surface area (Å²) in [6.07, 6.45) is 5.16. The normalized spacial score (nSPS) is 20.3. The van der Waals surface area contributed by atoms with Gasteiger partial charge in [0, 0.05) is 31.2 Å². The van der Waals surface area contributed by atoms with Gasteiger partial charge in [-0.3, -0.25) is 9.19 Å². The Hall–Kier alpha value is -1.50. The van der Waals surface area contributed by atoms with Gasteiger partial charge in [0.15, 0.2) is 0 Å². The molecule has 0 bridgehead atoms. The van der Waals surface area contributed by atoms with Crippen LogP contribution < -0.4 is 0 Å². The van der Waals surface area contributed by atoms with Gasteiger partial charge in [-0.05, 0) is 33.1 Å². The van der Waals surface area contributed by atoms with Crippen molar-refractivity contribution in [3.05, 3.63) is 18.6 Å². The molecule has 1 saturated heterocycles. The van der Waals surface area contributed by atoms with E-state index in [1.54, 1.807) is 11.1 Å². The number of hydrogen-bond donors (Lipinski definition) is 0. The topological polar surface area (TPSA) is 72.4 Å². The SMILES string of the molecule is CC(C)(C)OC(=O)N1CCC(CS(=O)c2cnccn2)C1. The number of carbonyl (C=O) groups excluding carboxylic acids is 1. The van der Waals surface area contributed by atoms with E-state index >= 15 is 0 Å². The van der Waals surface area contributed by atoms with Crippen molar-refractivity contribution in [1.29, 1.82) is 0 Å². The van der Waals surface area contributed by atoms with Crippen LogP contribution in [0.15, 0.2) is 23.6 Å². The van der Waals surface area contributed by atoms with E-state index in [1.807, 2.05) is 20.8 Å². The molecule has 1 fully saturated rings. The van der Waals surface area contributed by atoms with Crippen LogP contribution in [0.5, 0.6) is 0 Å². The van der Waals surface area contributed by atoms with Crippen molar-refractivity contribution in [2.45, 2.75) is 37.8 Å². The number of aromatic nitrogens is 2. The van der Waals surface area contributed by atoms with E-state index in [0.29, 0.717) is 23.9 Å². The zero-order chi connectivity index (χ0) is 15.5. The first-order valence-electron chi connectivity index (χ1n) is 6.97. The van der Waals surface area contributed by atoms with Gasteiger partial charge >= 0.3 is 6.09 Å². The molecule has 0 aliphatic carbocycles. The first-order valence-corrected chi connectivity index (χ1v) is 8.29. The highest BCUT2D eigenvalue weighted by Gasteiger charge is 2.30. The second kappa shape index (κ2) is 6.51. The summed E-state index contributed by atoms with van der Waals surface area (Å²) in [5, 5.41) is 0.494. The molecule has 1 aliphatic rings. The maximum atomic E-state index is 12.2. The predicted molar refractivity (Wildman–Crippen MR) is 79.2 cm³/mol. The lowest BCUT2D eigenvalue weighted by Gasteiger charge is -2.24. The molecule has 2 rings (SSSR count). The fourth-order valence-corrected chi connectivity index (χ4v) is 3.39. The number of nitrogens with zero attached hydrogens (tertiary/aromatic N) is 3. The Bertz CT molecular complexity index is 516. The fourth-order valence-electron chi connectivity index (χ4n) is 2.16. The lowest BCUT2D eigenvalue weighted by Crippen LogP contribution is -2.35. The molecule has 2 atom stereocenters. The second-order valence-electron chi connectivity index (χ2n) is 6.14. The Morgan fingerprint density at radius 2 is 2.24 bits per heavy atom. The van der Waals surface area contributed by atoms with Crippen molar-refractivity contribution < 1.29 is 13.7 Å². The smallest absolute Gasteiger partial charge is 0.410 e. The number of carbonyl (C=O) groups is 1. The summed E-state index contributed by atoms with van der Waals surface area (Å²) in [4.78, 5) is 21.6. The monoisotopic (exact) mass is 311 g/mol. The maximum Gasteiger partial charge on any atom is 0.410 e. The van der Waals surface area contributed by atoms with E-state index in [4.69, 9.17) is 4.74 Å². The molecule has 0 spiro atoms. The molecular weight excluding hydrogens is 290 g/mol. The van der Waals surface area contributed by atoms with E-state index in [1.165, 1.54) is 12.4 Å². The van der Waals surface area contributed by atoms with Crippen LogP contribution in [0.25, 0.3) is 0 Å². The predicted octanol–water partition coefficient (Wildman–Crippen LogP) is 1.84. The van der Waals surface area contributed by atoms with Crippen LogP contribution in [0.3, 0.4) is 0 Å². The molecule has 1 aromatic rings. The minimum atomic E-state index is -1.17. The molecule has 1 aromatic heterocycles. The van der Waals surface area contributed by atoms with Crippen molar-refractivity contribution in [3.63, 3.8) is 0 Å². The zero-order valence-corrected chi connectivity index (χ0v) is 13.4. The van der Waals surface area contributed by atoms with Gasteiger partial charge in [0.25, 0.3) is 0 Å². The molecule has 0 N–H and O–H groups in total. The quantitative estimate of drug-likeness (QED) is 0.851.